The molecule has 0 amide bonds. The van der Waals surface area contributed by atoms with Gasteiger partial charge in [0.15, 0.2) is 0 Å². The van der Waals surface area contributed by atoms with E-state index < -0.39 is 0 Å². The summed E-state index contributed by atoms with van der Waals surface area (Å²) in [7, 11) is 0. The molecule has 0 fully saturated rings. The highest BCUT2D eigenvalue weighted by molar-refractivity contribution is 9.12. The van der Waals surface area contributed by atoms with Crippen LogP contribution in [0.3, 0.4) is 0 Å². The summed E-state index contributed by atoms with van der Waals surface area (Å²) in [6.07, 6.45) is 26.7. The SMILES string of the molecule is C=CC(C)(Br)C(/C=C(\C)OCCCCCCCC)C1=C(Br)C=CC(OCCCCCCCC)=CC1. The largest absolute Gasteiger partial charge is 0.499 e. The molecule has 0 N–H and O–H groups in total. The number of unbranched alkanes of at least 4 members (excludes halogenated alkanes) is 10. The Hall–Kier alpha value is -0.740. The molecular formula is C31H50Br2O2. The summed E-state index contributed by atoms with van der Waals surface area (Å²) in [5.41, 5.74) is 1.29. The van der Waals surface area contributed by atoms with Crippen molar-refractivity contribution in [2.24, 2.45) is 5.92 Å². The Morgan fingerprint density at radius 2 is 1.54 bits per heavy atom. The predicted molar refractivity (Wildman–Crippen MR) is 161 cm³/mol. The maximum Gasteiger partial charge on any atom is 0.115 e. The second kappa shape index (κ2) is 19.4. The lowest BCUT2D eigenvalue weighted by Crippen LogP contribution is -2.26. The minimum absolute atomic E-state index is 0.109. The van der Waals surface area contributed by atoms with Crippen LogP contribution in [-0.4, -0.2) is 17.5 Å². The van der Waals surface area contributed by atoms with Crippen molar-refractivity contribution in [2.45, 2.75) is 115 Å². The number of ether oxygens (including phenoxy) is 2. The Labute approximate surface area is 233 Å². The second-order valence-electron chi connectivity index (χ2n) is 9.86. The predicted octanol–water partition coefficient (Wildman–Crippen LogP) is 11.1. The average molecular weight is 615 g/mol. The van der Waals surface area contributed by atoms with Crippen molar-refractivity contribution in [3.05, 3.63) is 58.5 Å². The maximum absolute atomic E-state index is 6.11. The van der Waals surface area contributed by atoms with E-state index in [0.717, 1.165) is 48.5 Å². The number of hydrogen-bond acceptors (Lipinski definition) is 2. The lowest BCUT2D eigenvalue weighted by molar-refractivity contribution is 0.204. The summed E-state index contributed by atoms with van der Waals surface area (Å²) >= 11 is 7.76. The molecule has 0 heterocycles. The Kier molecular flexibility index (Phi) is 17.9. The van der Waals surface area contributed by atoms with Crippen LogP contribution in [0.1, 0.15) is 111 Å². The molecule has 1 aliphatic rings. The molecule has 0 spiro atoms. The van der Waals surface area contributed by atoms with Gasteiger partial charge < -0.3 is 9.47 Å². The molecular weight excluding hydrogens is 564 g/mol. The Balaban J connectivity index is 2.71. The van der Waals surface area contributed by atoms with Gasteiger partial charge >= 0.3 is 0 Å². The van der Waals surface area contributed by atoms with Gasteiger partial charge in [-0.1, -0.05) is 116 Å². The van der Waals surface area contributed by atoms with E-state index in [1.807, 2.05) is 6.08 Å². The third kappa shape index (κ3) is 14.0. The molecule has 0 aromatic rings. The van der Waals surface area contributed by atoms with Crippen LogP contribution in [0.25, 0.3) is 0 Å². The topological polar surface area (TPSA) is 18.5 Å². The van der Waals surface area contributed by atoms with Gasteiger partial charge in [-0.2, -0.15) is 0 Å². The van der Waals surface area contributed by atoms with E-state index in [0.29, 0.717) is 0 Å². The molecule has 0 saturated heterocycles. The molecule has 35 heavy (non-hydrogen) atoms. The molecule has 0 saturated carbocycles. The quantitative estimate of drug-likeness (QED) is 0.0588. The van der Waals surface area contributed by atoms with Gasteiger partial charge in [0.2, 0.25) is 0 Å². The van der Waals surface area contributed by atoms with Crippen LogP contribution >= 0.6 is 31.9 Å². The Morgan fingerprint density at radius 3 is 2.14 bits per heavy atom. The normalized spacial score (nSPS) is 17.0. The van der Waals surface area contributed by atoms with Crippen LogP contribution in [0.15, 0.2) is 58.5 Å². The highest BCUT2D eigenvalue weighted by atomic mass is 79.9. The zero-order valence-corrected chi connectivity index (χ0v) is 26.0. The fourth-order valence-corrected chi connectivity index (χ4v) is 5.17. The molecule has 2 nitrogen and oxygen atoms in total. The van der Waals surface area contributed by atoms with Crippen LogP contribution in [0, 0.1) is 5.92 Å². The van der Waals surface area contributed by atoms with Crippen LogP contribution < -0.4 is 0 Å². The van der Waals surface area contributed by atoms with Gasteiger partial charge in [-0.25, -0.2) is 0 Å². The van der Waals surface area contributed by atoms with Crippen molar-refractivity contribution in [1.82, 2.24) is 0 Å². The second-order valence-corrected chi connectivity index (χ2v) is 12.4. The lowest BCUT2D eigenvalue weighted by atomic mass is 9.84. The maximum atomic E-state index is 6.11. The number of alkyl halides is 1. The van der Waals surface area contributed by atoms with Crippen LogP contribution in [0.5, 0.6) is 0 Å². The lowest BCUT2D eigenvalue weighted by Gasteiger charge is -2.30. The standard InChI is InChI=1S/C31H50Br2O2/c1-6-9-11-13-15-17-23-34-26(4)25-29(31(5,33)8-3)28-21-19-27(20-22-30(28)32)35-24-18-16-14-12-10-7-2/h8,19-20,22,25,29H,3,6-7,9-18,21,23-24H2,1-2,4-5H3/b26-25+. The molecule has 0 aromatic heterocycles. The molecule has 200 valence electrons. The van der Waals surface area contributed by atoms with E-state index in [1.165, 1.54) is 69.8 Å². The van der Waals surface area contributed by atoms with E-state index in [-0.39, 0.29) is 10.2 Å². The Bertz CT molecular complexity index is 715. The number of rotatable bonds is 20. The molecule has 0 aliphatic heterocycles. The minimum atomic E-state index is -0.280. The van der Waals surface area contributed by atoms with E-state index in [2.05, 4.69) is 90.4 Å². The average Bonchev–Trinajstić information content (AvgIpc) is 3.02. The fourth-order valence-electron chi connectivity index (χ4n) is 4.22. The molecule has 2 unspecified atom stereocenters. The summed E-state index contributed by atoms with van der Waals surface area (Å²) in [5, 5.41) is 0. The minimum Gasteiger partial charge on any atom is -0.499 e. The summed E-state index contributed by atoms with van der Waals surface area (Å²) in [6.45, 7) is 14.4. The van der Waals surface area contributed by atoms with Crippen LogP contribution in [0.4, 0.5) is 0 Å². The van der Waals surface area contributed by atoms with Crippen LogP contribution in [-0.2, 0) is 9.47 Å². The fraction of sp³-hybridized carbons (Fsp3) is 0.677. The first kappa shape index (κ1) is 32.3. The number of hydrogen-bond donors (Lipinski definition) is 0. The summed E-state index contributed by atoms with van der Waals surface area (Å²) in [5.74, 6) is 2.04. The van der Waals surface area contributed by atoms with Gasteiger partial charge in [-0.3, -0.25) is 0 Å². The summed E-state index contributed by atoms with van der Waals surface area (Å²) < 4.78 is 13.0. The van der Waals surface area contributed by atoms with Gasteiger partial charge in [-0.05, 0) is 63.0 Å². The highest BCUT2D eigenvalue weighted by Crippen LogP contribution is 2.41. The molecule has 0 bridgehead atoms. The third-order valence-corrected chi connectivity index (χ3v) is 8.19. The van der Waals surface area contributed by atoms with Gasteiger partial charge in [0.05, 0.1) is 23.3 Å². The molecule has 0 aromatic carbocycles. The first-order valence-corrected chi connectivity index (χ1v) is 15.5. The number of allylic oxidation sites excluding steroid dienone is 8. The smallest absolute Gasteiger partial charge is 0.115 e. The van der Waals surface area contributed by atoms with Crippen molar-refractivity contribution in [3.63, 3.8) is 0 Å². The van der Waals surface area contributed by atoms with Crippen molar-refractivity contribution in [1.29, 1.82) is 0 Å². The third-order valence-electron chi connectivity index (χ3n) is 6.60. The first-order chi connectivity index (χ1) is 16.9. The monoisotopic (exact) mass is 612 g/mol. The summed E-state index contributed by atoms with van der Waals surface area (Å²) in [6, 6.07) is 0. The van der Waals surface area contributed by atoms with Crippen molar-refractivity contribution >= 4 is 31.9 Å². The van der Waals surface area contributed by atoms with Gasteiger partial charge in [0.1, 0.15) is 5.76 Å². The molecule has 1 rings (SSSR count). The molecule has 1 aliphatic carbocycles. The van der Waals surface area contributed by atoms with Crippen molar-refractivity contribution < 1.29 is 9.47 Å². The van der Waals surface area contributed by atoms with Crippen molar-refractivity contribution in [3.8, 4) is 0 Å². The molecule has 4 heteroatoms. The van der Waals surface area contributed by atoms with E-state index in [9.17, 15) is 0 Å². The van der Waals surface area contributed by atoms with Gasteiger partial charge in [-0.15, -0.1) is 6.58 Å². The molecule has 2 atom stereocenters. The zero-order valence-electron chi connectivity index (χ0n) is 22.9. The first-order valence-electron chi connectivity index (χ1n) is 13.9. The zero-order chi connectivity index (χ0) is 25.9. The van der Waals surface area contributed by atoms with Gasteiger partial charge in [0, 0.05) is 10.4 Å². The van der Waals surface area contributed by atoms with E-state index in [4.69, 9.17) is 9.47 Å². The Morgan fingerprint density at radius 1 is 0.971 bits per heavy atom. The van der Waals surface area contributed by atoms with Gasteiger partial charge in [0.25, 0.3) is 0 Å². The van der Waals surface area contributed by atoms with E-state index in [1.54, 1.807) is 0 Å². The summed E-state index contributed by atoms with van der Waals surface area (Å²) in [4.78, 5) is 0. The number of halogens is 2. The van der Waals surface area contributed by atoms with Crippen LogP contribution in [0.2, 0.25) is 0 Å². The molecule has 0 radical (unpaired) electrons. The van der Waals surface area contributed by atoms with Crippen molar-refractivity contribution in [2.75, 3.05) is 13.2 Å². The highest BCUT2D eigenvalue weighted by Gasteiger charge is 2.31. The van der Waals surface area contributed by atoms with E-state index >= 15 is 0 Å².